The first-order valence-corrected chi connectivity index (χ1v) is 9.15. The number of carbonyl (C=O) groups is 1. The van der Waals surface area contributed by atoms with Crippen LogP contribution in [0.25, 0.3) is 11.3 Å². The van der Waals surface area contributed by atoms with Crippen molar-refractivity contribution in [2.75, 3.05) is 24.2 Å². The lowest BCUT2D eigenvalue weighted by Crippen LogP contribution is -2.28. The van der Waals surface area contributed by atoms with Gasteiger partial charge in [-0.25, -0.2) is 0 Å². The summed E-state index contributed by atoms with van der Waals surface area (Å²) in [5.41, 5.74) is 1.90. The number of anilines is 1. The van der Waals surface area contributed by atoms with Gasteiger partial charge in [-0.2, -0.15) is 0 Å². The van der Waals surface area contributed by atoms with Crippen molar-refractivity contribution in [1.29, 1.82) is 0 Å². The van der Waals surface area contributed by atoms with Crippen LogP contribution in [0.3, 0.4) is 0 Å². The van der Waals surface area contributed by atoms with Crippen molar-refractivity contribution in [2.24, 2.45) is 0 Å². The van der Waals surface area contributed by atoms with E-state index in [0.717, 1.165) is 47.3 Å². The van der Waals surface area contributed by atoms with Crippen LogP contribution in [0.4, 0.5) is 5.69 Å². The number of furan rings is 1. The fourth-order valence-corrected chi connectivity index (χ4v) is 3.98. The van der Waals surface area contributed by atoms with Crippen molar-refractivity contribution in [3.63, 3.8) is 0 Å². The molecule has 0 bridgehead atoms. The third-order valence-corrected chi connectivity index (χ3v) is 5.46. The number of hydrogen-bond donors (Lipinski definition) is 1. The first-order valence-electron chi connectivity index (χ1n) is 8.16. The molecule has 0 unspecified atom stereocenters. The summed E-state index contributed by atoms with van der Waals surface area (Å²) >= 11 is 1.58. The molecule has 1 aromatic heterocycles. The number of benzene rings is 1. The summed E-state index contributed by atoms with van der Waals surface area (Å²) in [6.07, 6.45) is 3.92. The zero-order valence-electron chi connectivity index (χ0n) is 13.0. The maximum Gasteiger partial charge on any atom is 0.234 e. The predicted molar refractivity (Wildman–Crippen MR) is 92.6 cm³/mol. The van der Waals surface area contributed by atoms with Gasteiger partial charge in [0.1, 0.15) is 11.5 Å². The minimum Gasteiger partial charge on any atom is -0.460 e. The molecule has 0 radical (unpaired) electrons. The summed E-state index contributed by atoms with van der Waals surface area (Å²) in [5.74, 6) is 2.43. The molecule has 0 atom stereocenters. The van der Waals surface area contributed by atoms with Gasteiger partial charge in [-0.15, -0.1) is 11.8 Å². The number of likely N-dealkylation sites (tertiary alicyclic amines) is 1. The molecular formula is C18H20N2O2S. The normalized spacial score (nSPS) is 18.5. The number of hydrogen-bond acceptors (Lipinski definition) is 4. The number of amides is 1. The third kappa shape index (κ3) is 3.31. The number of thioether (sulfide) groups is 1. The van der Waals surface area contributed by atoms with Crippen LogP contribution in [0.5, 0.6) is 0 Å². The van der Waals surface area contributed by atoms with Crippen LogP contribution in [0.2, 0.25) is 0 Å². The van der Waals surface area contributed by atoms with Gasteiger partial charge in [0.25, 0.3) is 0 Å². The minimum atomic E-state index is 0.0601. The highest BCUT2D eigenvalue weighted by Crippen LogP contribution is 2.35. The van der Waals surface area contributed by atoms with E-state index in [-0.39, 0.29) is 5.91 Å². The van der Waals surface area contributed by atoms with Gasteiger partial charge in [0, 0.05) is 10.5 Å². The largest absolute Gasteiger partial charge is 0.460 e. The molecule has 120 valence electrons. The average Bonchev–Trinajstić information content (AvgIpc) is 3.03. The van der Waals surface area contributed by atoms with Crippen LogP contribution in [-0.2, 0) is 11.3 Å². The maximum absolute atomic E-state index is 11.5. The lowest BCUT2D eigenvalue weighted by atomic mass is 10.1. The Morgan fingerprint density at radius 1 is 1.13 bits per heavy atom. The van der Waals surface area contributed by atoms with Gasteiger partial charge < -0.3 is 9.73 Å². The second-order valence-electron chi connectivity index (χ2n) is 6.15. The Bertz CT molecular complexity index is 720. The van der Waals surface area contributed by atoms with E-state index in [0.29, 0.717) is 5.75 Å². The van der Waals surface area contributed by atoms with E-state index in [1.54, 1.807) is 11.8 Å². The Morgan fingerprint density at radius 2 is 2.00 bits per heavy atom. The first kappa shape index (κ1) is 14.8. The summed E-state index contributed by atoms with van der Waals surface area (Å²) in [7, 11) is 0. The fraction of sp³-hybridized carbons (Fsp3) is 0.389. The standard InChI is InChI=1S/C18H20N2O2S/c21-18-12-23-17-7-4-13(10-15(17)19-18)16-6-5-14(22-16)11-20-8-2-1-3-9-20/h4-7,10H,1-3,8-9,11-12H2,(H,19,21). The molecule has 1 amide bonds. The zero-order chi connectivity index (χ0) is 15.6. The number of rotatable bonds is 3. The van der Waals surface area contributed by atoms with Gasteiger partial charge in [0.15, 0.2) is 0 Å². The van der Waals surface area contributed by atoms with Crippen LogP contribution < -0.4 is 5.32 Å². The Hall–Kier alpha value is -1.72. The van der Waals surface area contributed by atoms with Gasteiger partial charge in [-0.05, 0) is 56.3 Å². The summed E-state index contributed by atoms with van der Waals surface area (Å²) in [4.78, 5) is 15.1. The molecule has 1 fully saturated rings. The van der Waals surface area contributed by atoms with Crippen molar-refractivity contribution >= 4 is 23.4 Å². The van der Waals surface area contributed by atoms with Gasteiger partial charge in [-0.1, -0.05) is 6.42 Å². The molecule has 2 aromatic rings. The maximum atomic E-state index is 11.5. The summed E-state index contributed by atoms with van der Waals surface area (Å²) < 4.78 is 6.03. The van der Waals surface area contributed by atoms with Gasteiger partial charge >= 0.3 is 0 Å². The van der Waals surface area contributed by atoms with E-state index in [1.807, 2.05) is 12.1 Å². The van der Waals surface area contributed by atoms with Crippen LogP contribution in [0.1, 0.15) is 25.0 Å². The Morgan fingerprint density at radius 3 is 2.87 bits per heavy atom. The number of nitrogens with one attached hydrogen (secondary N) is 1. The fourth-order valence-electron chi connectivity index (χ4n) is 3.19. The quantitative estimate of drug-likeness (QED) is 0.926. The highest BCUT2D eigenvalue weighted by atomic mass is 32.2. The van der Waals surface area contributed by atoms with Crippen molar-refractivity contribution < 1.29 is 9.21 Å². The molecule has 1 N–H and O–H groups in total. The zero-order valence-corrected chi connectivity index (χ0v) is 13.8. The monoisotopic (exact) mass is 328 g/mol. The van der Waals surface area contributed by atoms with Crippen molar-refractivity contribution in [2.45, 2.75) is 30.7 Å². The molecule has 2 aliphatic heterocycles. The molecular weight excluding hydrogens is 308 g/mol. The average molecular weight is 328 g/mol. The molecule has 3 heterocycles. The SMILES string of the molecule is O=C1CSc2ccc(-c3ccc(CN4CCCCC4)o3)cc2N1. The van der Waals surface area contributed by atoms with Crippen LogP contribution >= 0.6 is 11.8 Å². The summed E-state index contributed by atoms with van der Waals surface area (Å²) in [5, 5.41) is 2.93. The molecule has 23 heavy (non-hydrogen) atoms. The van der Waals surface area contributed by atoms with E-state index in [4.69, 9.17) is 4.42 Å². The number of piperidine rings is 1. The molecule has 1 saturated heterocycles. The molecule has 4 nitrogen and oxygen atoms in total. The Kier molecular flexibility index (Phi) is 4.14. The van der Waals surface area contributed by atoms with Crippen molar-refractivity contribution in [1.82, 2.24) is 4.90 Å². The summed E-state index contributed by atoms with van der Waals surface area (Å²) in [6, 6.07) is 10.2. The van der Waals surface area contributed by atoms with E-state index in [2.05, 4.69) is 28.4 Å². The van der Waals surface area contributed by atoms with E-state index < -0.39 is 0 Å². The topological polar surface area (TPSA) is 45.5 Å². The van der Waals surface area contributed by atoms with E-state index >= 15 is 0 Å². The number of carbonyl (C=O) groups excluding carboxylic acids is 1. The first-order chi connectivity index (χ1) is 11.3. The highest BCUT2D eigenvalue weighted by molar-refractivity contribution is 8.00. The van der Waals surface area contributed by atoms with E-state index in [9.17, 15) is 4.79 Å². The van der Waals surface area contributed by atoms with Gasteiger partial charge in [-0.3, -0.25) is 9.69 Å². The molecule has 5 heteroatoms. The molecule has 0 spiro atoms. The molecule has 1 aromatic carbocycles. The molecule has 0 aliphatic carbocycles. The number of fused-ring (bicyclic) bond motifs is 1. The van der Waals surface area contributed by atoms with Crippen molar-refractivity contribution in [3.8, 4) is 11.3 Å². The van der Waals surface area contributed by atoms with Gasteiger partial charge in [0.2, 0.25) is 5.91 Å². The lowest BCUT2D eigenvalue weighted by molar-refractivity contribution is -0.113. The minimum absolute atomic E-state index is 0.0601. The van der Waals surface area contributed by atoms with Gasteiger partial charge in [0.05, 0.1) is 18.0 Å². The second kappa shape index (κ2) is 6.42. The Balaban J connectivity index is 1.52. The van der Waals surface area contributed by atoms with Crippen LogP contribution in [-0.4, -0.2) is 29.6 Å². The lowest BCUT2D eigenvalue weighted by Gasteiger charge is -2.25. The van der Waals surface area contributed by atoms with Crippen LogP contribution in [0, 0.1) is 0 Å². The predicted octanol–water partition coefficient (Wildman–Crippen LogP) is 3.98. The highest BCUT2D eigenvalue weighted by Gasteiger charge is 2.17. The smallest absolute Gasteiger partial charge is 0.234 e. The van der Waals surface area contributed by atoms with Crippen molar-refractivity contribution in [3.05, 3.63) is 36.1 Å². The molecule has 2 aliphatic rings. The van der Waals surface area contributed by atoms with E-state index in [1.165, 1.54) is 19.3 Å². The third-order valence-electron chi connectivity index (χ3n) is 4.39. The number of nitrogens with zero attached hydrogens (tertiary/aromatic N) is 1. The van der Waals surface area contributed by atoms with Crippen LogP contribution in [0.15, 0.2) is 39.6 Å². The second-order valence-corrected chi connectivity index (χ2v) is 7.17. The molecule has 4 rings (SSSR count). The molecule has 0 saturated carbocycles. The Labute approximate surface area is 140 Å². The summed E-state index contributed by atoms with van der Waals surface area (Å²) in [6.45, 7) is 3.22.